The van der Waals surface area contributed by atoms with E-state index in [-0.39, 0.29) is 34.3 Å². The summed E-state index contributed by atoms with van der Waals surface area (Å²) in [5.74, 6) is -2.55. The van der Waals surface area contributed by atoms with Gasteiger partial charge in [-0.25, -0.2) is 14.1 Å². The van der Waals surface area contributed by atoms with E-state index in [9.17, 15) is 28.1 Å². The van der Waals surface area contributed by atoms with Crippen LogP contribution in [0.1, 0.15) is 72.1 Å². The van der Waals surface area contributed by atoms with Crippen LogP contribution in [0.15, 0.2) is 23.3 Å². The molecule has 2 unspecified atom stereocenters. The fourth-order valence-electron chi connectivity index (χ4n) is 4.80. The number of aliphatic carboxylic acids is 1. The summed E-state index contributed by atoms with van der Waals surface area (Å²) < 4.78 is 35.6. The summed E-state index contributed by atoms with van der Waals surface area (Å²) in [5.41, 5.74) is 5.77. The van der Waals surface area contributed by atoms with Gasteiger partial charge in [-0.3, -0.25) is 18.9 Å². The molecule has 0 spiro atoms. The molecule has 2 aliphatic rings. The largest absolute Gasteiger partial charge is 0.480 e. The average molecular weight is 807 g/mol. The Morgan fingerprint density at radius 2 is 1.58 bits per heavy atom. The molecule has 2 heterocycles. The van der Waals surface area contributed by atoms with E-state index in [2.05, 4.69) is 25.6 Å². The molecule has 1 aromatic heterocycles. The summed E-state index contributed by atoms with van der Waals surface area (Å²) in [5, 5.41) is 14.3. The summed E-state index contributed by atoms with van der Waals surface area (Å²) in [6, 6.07) is 1.11. The van der Waals surface area contributed by atoms with Crippen LogP contribution in [0.5, 0.6) is 5.75 Å². The van der Waals surface area contributed by atoms with Crippen molar-refractivity contribution < 1.29 is 47.6 Å². The van der Waals surface area contributed by atoms with E-state index in [1.807, 2.05) is 20.8 Å². The number of nitrogens with zero attached hydrogens (tertiary/aromatic N) is 4. The zero-order valence-electron chi connectivity index (χ0n) is 30.1. The van der Waals surface area contributed by atoms with Crippen LogP contribution in [0, 0.1) is 5.82 Å². The van der Waals surface area contributed by atoms with E-state index in [0.717, 1.165) is 56.2 Å². The first-order chi connectivity index (χ1) is 25.0. The number of unbranched alkanes of at least 4 members (excludes halogenated alkanes) is 2. The third-order valence-electron chi connectivity index (χ3n) is 7.44. The van der Waals surface area contributed by atoms with Gasteiger partial charge in [-0.05, 0) is 70.0 Å². The Hall–Kier alpha value is -3.89. The molecule has 1 aromatic carbocycles. The zero-order chi connectivity index (χ0) is 39.7. The molecule has 0 saturated heterocycles. The number of halogens is 3. The van der Waals surface area contributed by atoms with Crippen molar-refractivity contribution in [2.75, 3.05) is 54.7 Å². The molecular formula is C33H47Cl2FN7O9P. The maximum Gasteiger partial charge on any atom is 0.344 e. The van der Waals surface area contributed by atoms with Gasteiger partial charge in [0.1, 0.15) is 17.6 Å². The fourth-order valence-corrected chi connectivity index (χ4v) is 5.92. The van der Waals surface area contributed by atoms with Crippen LogP contribution in [0.3, 0.4) is 0 Å². The number of nitrogens with one attached hydrogen (secondary N) is 2. The lowest BCUT2D eigenvalue weighted by atomic mass is 9.93. The van der Waals surface area contributed by atoms with Crippen molar-refractivity contribution in [2.24, 2.45) is 5.73 Å². The monoisotopic (exact) mass is 805 g/mol. The van der Waals surface area contributed by atoms with Gasteiger partial charge in [0.05, 0.1) is 17.3 Å². The van der Waals surface area contributed by atoms with E-state index in [0.29, 0.717) is 42.5 Å². The molecule has 1 aliphatic heterocycles. The van der Waals surface area contributed by atoms with Crippen molar-refractivity contribution >= 4 is 71.9 Å². The van der Waals surface area contributed by atoms with Crippen molar-refractivity contribution in [2.45, 2.75) is 78.2 Å². The van der Waals surface area contributed by atoms with E-state index < -0.39 is 49.6 Å². The molecule has 2 amide bonds. The number of benzene rings is 1. The van der Waals surface area contributed by atoms with Crippen LogP contribution in [-0.2, 0) is 28.5 Å². The number of anilines is 3. The summed E-state index contributed by atoms with van der Waals surface area (Å²) in [6.45, 7) is 8.55. The highest BCUT2D eigenvalue weighted by Crippen LogP contribution is 2.39. The minimum Gasteiger partial charge on any atom is -0.480 e. The Morgan fingerprint density at radius 1 is 1.02 bits per heavy atom. The second kappa shape index (κ2) is 22.4. The fraction of sp³-hybridized carbons (Fsp3) is 0.545. The SMILES string of the molecule is CCCCCOC(=O)COc1cc(N2C(=O)C3=C(CCCC3)C2=O)c(F)cc1Cl.CCNc1nc(Cl)nc(NCC)n1.CP(=O)(O)CCC(N)C(=O)O. The van der Waals surface area contributed by atoms with Crippen LogP contribution in [-0.4, -0.2) is 93.9 Å². The van der Waals surface area contributed by atoms with Gasteiger partial charge in [-0.15, -0.1) is 0 Å². The Balaban J connectivity index is 0.000000334. The number of esters is 1. The molecule has 0 fully saturated rings. The molecule has 16 nitrogen and oxygen atoms in total. The molecule has 0 bridgehead atoms. The summed E-state index contributed by atoms with van der Waals surface area (Å²) >= 11 is 11.7. The topological polar surface area (TPSA) is 236 Å². The minimum absolute atomic E-state index is 0.000883. The molecule has 6 N–H and O–H groups in total. The number of amides is 2. The van der Waals surface area contributed by atoms with Crippen molar-refractivity contribution in [3.63, 3.8) is 0 Å². The second-order valence-corrected chi connectivity index (χ2v) is 15.2. The van der Waals surface area contributed by atoms with Crippen LogP contribution < -0.4 is 26.0 Å². The van der Waals surface area contributed by atoms with Gasteiger partial charge in [0.2, 0.25) is 17.2 Å². The predicted molar refractivity (Wildman–Crippen MR) is 199 cm³/mol. The maximum atomic E-state index is 14.5. The van der Waals surface area contributed by atoms with E-state index >= 15 is 0 Å². The Bertz CT molecular complexity index is 1630. The molecule has 20 heteroatoms. The first-order valence-corrected chi connectivity index (χ1v) is 20.1. The van der Waals surface area contributed by atoms with Crippen molar-refractivity contribution in [1.29, 1.82) is 0 Å². The number of aromatic nitrogens is 3. The van der Waals surface area contributed by atoms with Gasteiger partial charge in [0.25, 0.3) is 11.8 Å². The highest BCUT2D eigenvalue weighted by atomic mass is 35.5. The number of carbonyl (C=O) groups is 4. The van der Waals surface area contributed by atoms with Gasteiger partial charge < -0.3 is 35.8 Å². The van der Waals surface area contributed by atoms with Gasteiger partial charge in [0.15, 0.2) is 14.0 Å². The van der Waals surface area contributed by atoms with Crippen LogP contribution >= 0.6 is 30.6 Å². The number of imide groups is 1. The van der Waals surface area contributed by atoms with Crippen molar-refractivity contribution in [3.05, 3.63) is 39.4 Å². The normalized spacial score (nSPS) is 15.2. The van der Waals surface area contributed by atoms with Gasteiger partial charge in [-0.2, -0.15) is 15.0 Å². The predicted octanol–water partition coefficient (Wildman–Crippen LogP) is 5.41. The lowest BCUT2D eigenvalue weighted by molar-refractivity contribution is -0.146. The van der Waals surface area contributed by atoms with Gasteiger partial charge in [-0.1, -0.05) is 31.4 Å². The zero-order valence-corrected chi connectivity index (χ0v) is 32.5. The van der Waals surface area contributed by atoms with E-state index in [4.69, 9.17) is 48.4 Å². The molecule has 294 valence electrons. The molecule has 1 aliphatic carbocycles. The summed E-state index contributed by atoms with van der Waals surface area (Å²) in [4.78, 5) is 68.7. The Labute approximate surface area is 317 Å². The Kier molecular flexibility index (Phi) is 19.1. The summed E-state index contributed by atoms with van der Waals surface area (Å²) in [6.07, 6.45) is 5.40. The number of carboxylic acid groups (broad SMARTS) is 1. The van der Waals surface area contributed by atoms with E-state index in [1.165, 1.54) is 12.7 Å². The molecule has 0 saturated carbocycles. The summed E-state index contributed by atoms with van der Waals surface area (Å²) in [7, 11) is -3.10. The van der Waals surface area contributed by atoms with E-state index in [1.54, 1.807) is 0 Å². The lowest BCUT2D eigenvalue weighted by Crippen LogP contribution is -2.32. The molecule has 0 radical (unpaired) electrons. The third kappa shape index (κ3) is 15.2. The number of rotatable bonds is 16. The molecule has 53 heavy (non-hydrogen) atoms. The van der Waals surface area contributed by atoms with Crippen LogP contribution in [0.4, 0.5) is 22.0 Å². The first kappa shape index (κ1) is 45.3. The first-order valence-electron chi connectivity index (χ1n) is 17.1. The minimum atomic E-state index is -3.10. The lowest BCUT2D eigenvalue weighted by Gasteiger charge is -2.18. The molecular weight excluding hydrogens is 759 g/mol. The smallest absolute Gasteiger partial charge is 0.344 e. The number of nitrogens with two attached hydrogens (primary N) is 1. The number of hydrogen-bond acceptors (Lipinski definition) is 13. The van der Waals surface area contributed by atoms with Crippen molar-refractivity contribution in [3.8, 4) is 5.75 Å². The highest BCUT2D eigenvalue weighted by Gasteiger charge is 2.41. The average Bonchev–Trinajstić information content (AvgIpc) is 3.34. The van der Waals surface area contributed by atoms with Gasteiger partial charge >= 0.3 is 11.9 Å². The van der Waals surface area contributed by atoms with Crippen LogP contribution in [0.25, 0.3) is 0 Å². The Morgan fingerprint density at radius 3 is 2.08 bits per heavy atom. The number of carboxylic acids is 1. The number of hydrogen-bond donors (Lipinski definition) is 5. The van der Waals surface area contributed by atoms with Gasteiger partial charge in [0, 0.05) is 43.1 Å². The number of ether oxygens (including phenoxy) is 2. The molecule has 2 aromatic rings. The molecule has 2 atom stereocenters. The van der Waals surface area contributed by atoms with Crippen molar-refractivity contribution in [1.82, 2.24) is 15.0 Å². The van der Waals surface area contributed by atoms with Crippen LogP contribution in [0.2, 0.25) is 10.3 Å². The quantitative estimate of drug-likeness (QED) is 0.0617. The molecule has 4 rings (SSSR count). The standard InChI is InChI=1S/C21H23ClFNO5.C7H12ClN5.C5H12NO4P/c1-2-3-6-9-28-19(25)12-29-18-11-17(16(23)10-15(18)22)24-20(26)13-7-4-5-8-14(13)21(24)27;1-3-9-6-11-5(8)12-7(13-6)10-4-2;1-11(9,10)3-2-4(6)5(7)8/h10-11H,2-9,12H2,1H3;3-4H2,1-2H3,(H2,9,10,11,12,13);4H,2-3,6H2,1H3,(H,7,8)(H,9,10). The second-order valence-electron chi connectivity index (χ2n) is 11.9. The maximum absolute atomic E-state index is 14.5. The highest BCUT2D eigenvalue weighted by molar-refractivity contribution is 7.57. The number of carbonyl (C=O) groups excluding carboxylic acids is 3. The third-order valence-corrected chi connectivity index (χ3v) is 8.99.